The van der Waals surface area contributed by atoms with E-state index in [1.165, 1.54) is 29.2 Å². The second-order valence-corrected chi connectivity index (χ2v) is 12.1. The minimum absolute atomic E-state index is 0.00820. The largest absolute Gasteiger partial charge is 0.352 e. The van der Waals surface area contributed by atoms with Gasteiger partial charge in [-0.2, -0.15) is 0 Å². The van der Waals surface area contributed by atoms with Gasteiger partial charge in [0.1, 0.15) is 12.6 Å². The van der Waals surface area contributed by atoms with Crippen LogP contribution in [-0.4, -0.2) is 43.8 Å². The van der Waals surface area contributed by atoms with E-state index in [9.17, 15) is 18.0 Å². The highest BCUT2D eigenvalue weighted by molar-refractivity contribution is 7.92. The van der Waals surface area contributed by atoms with Crippen molar-refractivity contribution in [3.05, 3.63) is 94.5 Å². The molecule has 2 atom stereocenters. The molecule has 2 amide bonds. The molecule has 3 aromatic rings. The van der Waals surface area contributed by atoms with Gasteiger partial charge in [-0.3, -0.25) is 13.9 Å². The zero-order valence-corrected chi connectivity index (χ0v) is 24.6. The molecule has 0 spiro atoms. The van der Waals surface area contributed by atoms with Crippen LogP contribution in [0.3, 0.4) is 0 Å². The van der Waals surface area contributed by atoms with Gasteiger partial charge >= 0.3 is 0 Å². The molecule has 0 aliphatic heterocycles. The number of nitrogens with one attached hydrogen (secondary N) is 1. The van der Waals surface area contributed by atoms with Crippen molar-refractivity contribution in [1.82, 2.24) is 10.2 Å². The highest BCUT2D eigenvalue weighted by atomic mass is 35.5. The maximum absolute atomic E-state index is 13.9. The quantitative estimate of drug-likeness (QED) is 0.331. The second-order valence-electron chi connectivity index (χ2n) is 9.81. The lowest BCUT2D eigenvalue weighted by molar-refractivity contribution is -0.139. The summed E-state index contributed by atoms with van der Waals surface area (Å²) in [5.74, 6) is -0.797. The molecular formula is C30H36ClN3O4S. The summed E-state index contributed by atoms with van der Waals surface area (Å²) in [6.07, 6.45) is 0.741. The summed E-state index contributed by atoms with van der Waals surface area (Å²) in [5, 5.41) is 3.34. The molecular weight excluding hydrogens is 534 g/mol. The Morgan fingerprint density at radius 1 is 0.923 bits per heavy atom. The molecule has 0 saturated heterocycles. The Bertz CT molecular complexity index is 1390. The lowest BCUT2D eigenvalue weighted by Gasteiger charge is -2.32. The minimum Gasteiger partial charge on any atom is -0.352 e. The number of nitrogens with zero attached hydrogens (tertiary/aromatic N) is 2. The number of carbonyl (C=O) groups excluding carboxylic acids is 2. The molecule has 0 saturated carbocycles. The Morgan fingerprint density at radius 2 is 1.56 bits per heavy atom. The number of aryl methyl sites for hydroxylation is 2. The molecule has 9 heteroatoms. The van der Waals surface area contributed by atoms with Gasteiger partial charge in [0.2, 0.25) is 11.8 Å². The summed E-state index contributed by atoms with van der Waals surface area (Å²) < 4.78 is 28.8. The Kier molecular flexibility index (Phi) is 10.2. The molecule has 3 rings (SSSR count). The number of halogens is 1. The number of rotatable bonds is 11. The molecule has 0 aliphatic carbocycles. The van der Waals surface area contributed by atoms with Crippen LogP contribution in [0, 0.1) is 13.8 Å². The van der Waals surface area contributed by atoms with Crippen LogP contribution >= 0.6 is 11.6 Å². The normalized spacial score (nSPS) is 12.9. The van der Waals surface area contributed by atoms with Gasteiger partial charge in [-0.25, -0.2) is 8.42 Å². The van der Waals surface area contributed by atoms with E-state index in [1.807, 2.05) is 58.0 Å². The second kappa shape index (κ2) is 13.1. The molecule has 208 valence electrons. The molecule has 0 aliphatic rings. The van der Waals surface area contributed by atoms with E-state index in [4.69, 9.17) is 11.6 Å². The van der Waals surface area contributed by atoms with E-state index >= 15 is 0 Å². The molecule has 0 bridgehead atoms. The standard InChI is InChI=1S/C30H36ClN3O4S/c1-6-23(4)32-30(36)24(5)33(19-25-12-10-21(2)11-13-25)29(35)20-34(27-9-7-8-22(3)18-27)39(37,38)28-16-14-26(31)15-17-28/h7-18,23-24H,6,19-20H2,1-5H3,(H,32,36)/t23-,24-/m0/s1. The monoisotopic (exact) mass is 569 g/mol. The van der Waals surface area contributed by atoms with E-state index in [1.54, 1.807) is 25.1 Å². The summed E-state index contributed by atoms with van der Waals surface area (Å²) in [5.41, 5.74) is 3.10. The molecule has 3 aromatic carbocycles. The number of hydrogen-bond donors (Lipinski definition) is 1. The maximum Gasteiger partial charge on any atom is 0.264 e. The van der Waals surface area contributed by atoms with Crippen LogP contribution in [0.25, 0.3) is 0 Å². The molecule has 0 aromatic heterocycles. The predicted octanol–water partition coefficient (Wildman–Crippen LogP) is 5.48. The topological polar surface area (TPSA) is 86.8 Å². The van der Waals surface area contributed by atoms with Crippen LogP contribution in [0.1, 0.15) is 43.9 Å². The van der Waals surface area contributed by atoms with Crippen molar-refractivity contribution in [2.24, 2.45) is 0 Å². The number of benzene rings is 3. The summed E-state index contributed by atoms with van der Waals surface area (Å²) in [6, 6.07) is 19.6. The van der Waals surface area contributed by atoms with Crippen LogP contribution in [0.5, 0.6) is 0 Å². The molecule has 0 unspecified atom stereocenters. The Labute approximate surface area is 236 Å². The van der Waals surface area contributed by atoms with E-state index in [2.05, 4.69) is 5.32 Å². The third-order valence-electron chi connectivity index (χ3n) is 6.61. The van der Waals surface area contributed by atoms with Crippen molar-refractivity contribution in [3.8, 4) is 0 Å². The van der Waals surface area contributed by atoms with Gasteiger partial charge in [0, 0.05) is 17.6 Å². The molecule has 0 radical (unpaired) electrons. The Balaban J connectivity index is 2.02. The molecule has 0 heterocycles. The lowest BCUT2D eigenvalue weighted by Crippen LogP contribution is -2.52. The molecule has 7 nitrogen and oxygen atoms in total. The third kappa shape index (κ3) is 7.83. The SMILES string of the molecule is CC[C@H](C)NC(=O)[C@H](C)N(Cc1ccc(C)cc1)C(=O)CN(c1cccc(C)c1)S(=O)(=O)c1ccc(Cl)cc1. The van der Waals surface area contributed by atoms with Gasteiger partial charge < -0.3 is 10.2 Å². The van der Waals surface area contributed by atoms with Crippen LogP contribution in [-0.2, 0) is 26.2 Å². The molecule has 1 N–H and O–H groups in total. The zero-order chi connectivity index (χ0) is 28.7. The van der Waals surface area contributed by atoms with Gasteiger partial charge in [-0.05, 0) is 81.6 Å². The highest BCUT2D eigenvalue weighted by Gasteiger charge is 2.32. The van der Waals surface area contributed by atoms with E-state index in [-0.39, 0.29) is 23.4 Å². The van der Waals surface area contributed by atoms with Crippen molar-refractivity contribution < 1.29 is 18.0 Å². The fraction of sp³-hybridized carbons (Fsp3) is 0.333. The van der Waals surface area contributed by atoms with Gasteiger partial charge in [0.15, 0.2) is 0 Å². The van der Waals surface area contributed by atoms with Gasteiger partial charge in [-0.1, -0.05) is 60.5 Å². The smallest absolute Gasteiger partial charge is 0.264 e. The van der Waals surface area contributed by atoms with E-state index in [0.29, 0.717) is 10.7 Å². The third-order valence-corrected chi connectivity index (χ3v) is 8.65. The van der Waals surface area contributed by atoms with Crippen LogP contribution in [0.15, 0.2) is 77.7 Å². The number of anilines is 1. The average Bonchev–Trinajstić information content (AvgIpc) is 2.90. The maximum atomic E-state index is 13.9. The van der Waals surface area contributed by atoms with Crippen molar-refractivity contribution in [2.75, 3.05) is 10.8 Å². The molecule has 39 heavy (non-hydrogen) atoms. The van der Waals surface area contributed by atoms with Crippen molar-refractivity contribution in [2.45, 2.75) is 64.6 Å². The molecule has 0 fully saturated rings. The first kappa shape index (κ1) is 30.2. The van der Waals surface area contributed by atoms with Crippen molar-refractivity contribution >= 4 is 39.1 Å². The van der Waals surface area contributed by atoms with Crippen molar-refractivity contribution in [3.63, 3.8) is 0 Å². The fourth-order valence-electron chi connectivity index (χ4n) is 3.98. The first-order valence-corrected chi connectivity index (χ1v) is 14.7. The summed E-state index contributed by atoms with van der Waals surface area (Å²) in [4.78, 5) is 28.5. The number of amides is 2. The Morgan fingerprint density at radius 3 is 2.15 bits per heavy atom. The summed E-state index contributed by atoms with van der Waals surface area (Å²) >= 11 is 6.00. The number of carbonyl (C=O) groups is 2. The predicted molar refractivity (Wildman–Crippen MR) is 156 cm³/mol. The van der Waals surface area contributed by atoms with E-state index in [0.717, 1.165) is 27.4 Å². The van der Waals surface area contributed by atoms with Crippen LogP contribution in [0.4, 0.5) is 5.69 Å². The lowest BCUT2D eigenvalue weighted by atomic mass is 10.1. The van der Waals surface area contributed by atoms with Crippen molar-refractivity contribution in [1.29, 1.82) is 0 Å². The van der Waals surface area contributed by atoms with Gasteiger partial charge in [0.05, 0.1) is 10.6 Å². The minimum atomic E-state index is -4.14. The summed E-state index contributed by atoms with van der Waals surface area (Å²) in [7, 11) is -4.14. The van der Waals surface area contributed by atoms with Gasteiger partial charge in [-0.15, -0.1) is 0 Å². The number of hydrogen-bond acceptors (Lipinski definition) is 4. The fourth-order valence-corrected chi connectivity index (χ4v) is 5.52. The first-order chi connectivity index (χ1) is 18.4. The van der Waals surface area contributed by atoms with E-state index < -0.39 is 28.5 Å². The highest BCUT2D eigenvalue weighted by Crippen LogP contribution is 2.26. The Hall–Kier alpha value is -3.36. The van der Waals surface area contributed by atoms with Crippen LogP contribution < -0.4 is 9.62 Å². The average molecular weight is 570 g/mol. The number of sulfonamides is 1. The first-order valence-electron chi connectivity index (χ1n) is 12.9. The van der Waals surface area contributed by atoms with Crippen LogP contribution in [0.2, 0.25) is 5.02 Å². The van der Waals surface area contributed by atoms with Gasteiger partial charge in [0.25, 0.3) is 10.0 Å². The summed E-state index contributed by atoms with van der Waals surface area (Å²) in [6.45, 7) is 9.01. The zero-order valence-electron chi connectivity index (χ0n) is 23.0.